The second-order valence-corrected chi connectivity index (χ2v) is 2.22. The smallest absolute Gasteiger partial charge is 0.330 e. The quantitative estimate of drug-likeness (QED) is 0.488. The third kappa shape index (κ3) is 5.61. The van der Waals surface area contributed by atoms with Crippen molar-refractivity contribution in [3.8, 4) is 0 Å². The molecule has 0 amide bonds. The van der Waals surface area contributed by atoms with Gasteiger partial charge in [-0.25, -0.2) is 4.79 Å². The van der Waals surface area contributed by atoms with E-state index in [0.29, 0.717) is 13.0 Å². The van der Waals surface area contributed by atoms with Crippen LogP contribution in [0.15, 0.2) is 11.6 Å². The van der Waals surface area contributed by atoms with Crippen LogP contribution in [0.5, 0.6) is 0 Å². The summed E-state index contributed by atoms with van der Waals surface area (Å²) in [5.74, 6) is -0.335. The summed E-state index contributed by atoms with van der Waals surface area (Å²) in [6.45, 7) is 4.00. The van der Waals surface area contributed by atoms with E-state index >= 15 is 0 Å². The van der Waals surface area contributed by atoms with Crippen molar-refractivity contribution in [3.05, 3.63) is 11.6 Å². The van der Waals surface area contributed by atoms with Crippen LogP contribution in [0.2, 0.25) is 0 Å². The first-order chi connectivity index (χ1) is 5.20. The molecular weight excluding hydrogens is 144 g/mol. The predicted molar refractivity (Wildman–Crippen MR) is 42.1 cm³/mol. The molecule has 0 heterocycles. The number of aliphatic hydroxyl groups excluding tert-OH is 1. The Bertz CT molecular complexity index is 149. The average molecular weight is 158 g/mol. The molecule has 0 rings (SSSR count). The molecule has 0 aliphatic heterocycles. The lowest BCUT2D eigenvalue weighted by molar-refractivity contribution is -0.137. The number of carbonyl (C=O) groups excluding carboxylic acids is 1. The second kappa shape index (κ2) is 5.92. The Morgan fingerprint density at radius 1 is 1.64 bits per heavy atom. The maximum absolute atomic E-state index is 10.7. The second-order valence-electron chi connectivity index (χ2n) is 2.22. The molecule has 0 aliphatic rings. The summed E-state index contributed by atoms with van der Waals surface area (Å²) in [7, 11) is 0. The van der Waals surface area contributed by atoms with E-state index in [0.717, 1.165) is 5.57 Å². The summed E-state index contributed by atoms with van der Waals surface area (Å²) >= 11 is 0. The van der Waals surface area contributed by atoms with Crippen molar-refractivity contribution < 1.29 is 14.6 Å². The molecule has 0 saturated carbocycles. The molecular formula is C8H14O3. The Hall–Kier alpha value is -0.830. The lowest BCUT2D eigenvalue weighted by Gasteiger charge is -1.97. The molecule has 0 bridgehead atoms. The number of hydrogen-bond acceptors (Lipinski definition) is 3. The van der Waals surface area contributed by atoms with Crippen LogP contribution < -0.4 is 0 Å². The van der Waals surface area contributed by atoms with E-state index in [1.54, 1.807) is 13.8 Å². The van der Waals surface area contributed by atoms with Gasteiger partial charge < -0.3 is 9.84 Å². The molecule has 64 valence electrons. The molecule has 3 heteroatoms. The van der Waals surface area contributed by atoms with E-state index in [1.807, 2.05) is 0 Å². The molecule has 0 aromatic rings. The Morgan fingerprint density at radius 2 is 2.27 bits per heavy atom. The van der Waals surface area contributed by atoms with Crippen molar-refractivity contribution in [2.45, 2.75) is 20.3 Å². The van der Waals surface area contributed by atoms with Gasteiger partial charge in [0, 0.05) is 12.7 Å². The maximum Gasteiger partial charge on any atom is 0.330 e. The van der Waals surface area contributed by atoms with Crippen LogP contribution in [0.1, 0.15) is 20.3 Å². The molecule has 11 heavy (non-hydrogen) atoms. The zero-order chi connectivity index (χ0) is 8.69. The van der Waals surface area contributed by atoms with E-state index in [4.69, 9.17) is 5.11 Å². The molecule has 0 radical (unpaired) electrons. The summed E-state index contributed by atoms with van der Waals surface area (Å²) in [5.41, 5.74) is 0.839. The minimum atomic E-state index is -0.335. The number of hydrogen-bond donors (Lipinski definition) is 1. The molecule has 0 saturated heterocycles. The molecule has 0 fully saturated rings. The van der Waals surface area contributed by atoms with Crippen molar-refractivity contribution in [2.24, 2.45) is 0 Å². The fraction of sp³-hybridized carbons (Fsp3) is 0.625. The minimum Gasteiger partial charge on any atom is -0.463 e. The van der Waals surface area contributed by atoms with Crippen LogP contribution in [0.3, 0.4) is 0 Å². The summed E-state index contributed by atoms with van der Waals surface area (Å²) in [5, 5.41) is 8.49. The average Bonchev–Trinajstić information content (AvgIpc) is 1.87. The molecule has 0 unspecified atom stereocenters. The highest BCUT2D eigenvalue weighted by atomic mass is 16.5. The number of esters is 1. The van der Waals surface area contributed by atoms with Gasteiger partial charge in [-0.1, -0.05) is 5.57 Å². The zero-order valence-corrected chi connectivity index (χ0v) is 6.96. The highest BCUT2D eigenvalue weighted by Crippen LogP contribution is 1.98. The van der Waals surface area contributed by atoms with Gasteiger partial charge in [0.15, 0.2) is 0 Å². The topological polar surface area (TPSA) is 46.5 Å². The van der Waals surface area contributed by atoms with Crippen LogP contribution in [0.4, 0.5) is 0 Å². The Balaban J connectivity index is 3.76. The van der Waals surface area contributed by atoms with Gasteiger partial charge in [0.05, 0.1) is 6.61 Å². The van der Waals surface area contributed by atoms with Crippen LogP contribution >= 0.6 is 0 Å². The van der Waals surface area contributed by atoms with Gasteiger partial charge in [-0.15, -0.1) is 0 Å². The standard InChI is InChI=1S/C8H14O3/c1-3-11-8(10)6-7(2)4-5-9/h6,9H,3-5H2,1-2H3/b7-6-. The van der Waals surface area contributed by atoms with Crippen LogP contribution in [-0.2, 0) is 9.53 Å². The third-order valence-electron chi connectivity index (χ3n) is 1.16. The maximum atomic E-state index is 10.7. The van der Waals surface area contributed by atoms with Crippen molar-refractivity contribution in [3.63, 3.8) is 0 Å². The summed E-state index contributed by atoms with van der Waals surface area (Å²) in [6, 6.07) is 0. The number of rotatable bonds is 4. The van der Waals surface area contributed by atoms with Crippen molar-refractivity contribution in [1.29, 1.82) is 0 Å². The van der Waals surface area contributed by atoms with Gasteiger partial charge in [0.1, 0.15) is 0 Å². The molecule has 0 aromatic heterocycles. The third-order valence-corrected chi connectivity index (χ3v) is 1.16. The highest BCUT2D eigenvalue weighted by Gasteiger charge is 1.96. The number of carbonyl (C=O) groups is 1. The van der Waals surface area contributed by atoms with Crippen molar-refractivity contribution in [1.82, 2.24) is 0 Å². The van der Waals surface area contributed by atoms with E-state index in [9.17, 15) is 4.79 Å². The minimum absolute atomic E-state index is 0.0712. The SMILES string of the molecule is CCOC(=O)/C=C(/C)CCO. The van der Waals surface area contributed by atoms with E-state index in [1.165, 1.54) is 6.08 Å². The molecule has 0 aliphatic carbocycles. The number of ether oxygens (including phenoxy) is 1. The first-order valence-electron chi connectivity index (χ1n) is 3.65. The van der Waals surface area contributed by atoms with Gasteiger partial charge in [-0.05, 0) is 20.3 Å². The Labute approximate surface area is 66.7 Å². The molecule has 3 nitrogen and oxygen atoms in total. The largest absolute Gasteiger partial charge is 0.463 e. The first-order valence-corrected chi connectivity index (χ1v) is 3.65. The lowest BCUT2D eigenvalue weighted by Crippen LogP contribution is -2.00. The fourth-order valence-electron chi connectivity index (χ4n) is 0.634. The van der Waals surface area contributed by atoms with E-state index < -0.39 is 0 Å². The van der Waals surface area contributed by atoms with Crippen LogP contribution in [0, 0.1) is 0 Å². The monoisotopic (exact) mass is 158 g/mol. The van der Waals surface area contributed by atoms with Crippen LogP contribution in [-0.4, -0.2) is 24.3 Å². The zero-order valence-electron chi connectivity index (χ0n) is 6.96. The molecule has 1 N–H and O–H groups in total. The summed E-state index contributed by atoms with van der Waals surface area (Å²) < 4.78 is 4.66. The lowest BCUT2D eigenvalue weighted by atomic mass is 10.2. The Kier molecular flexibility index (Phi) is 5.47. The van der Waals surface area contributed by atoms with Gasteiger partial charge in [-0.3, -0.25) is 0 Å². The Morgan fingerprint density at radius 3 is 2.73 bits per heavy atom. The van der Waals surface area contributed by atoms with Gasteiger partial charge in [0.25, 0.3) is 0 Å². The first kappa shape index (κ1) is 10.2. The van der Waals surface area contributed by atoms with Crippen molar-refractivity contribution in [2.75, 3.05) is 13.2 Å². The predicted octanol–water partition coefficient (Wildman–Crippen LogP) is 0.878. The summed E-state index contributed by atoms with van der Waals surface area (Å²) in [6.07, 6.45) is 1.93. The number of aliphatic hydroxyl groups is 1. The molecule has 0 spiro atoms. The molecule has 0 aromatic carbocycles. The van der Waals surface area contributed by atoms with Gasteiger partial charge in [-0.2, -0.15) is 0 Å². The van der Waals surface area contributed by atoms with Gasteiger partial charge >= 0.3 is 5.97 Å². The normalized spacial score (nSPS) is 11.4. The van der Waals surface area contributed by atoms with Crippen LogP contribution in [0.25, 0.3) is 0 Å². The fourth-order valence-corrected chi connectivity index (χ4v) is 0.634. The van der Waals surface area contributed by atoms with Gasteiger partial charge in [0.2, 0.25) is 0 Å². The van der Waals surface area contributed by atoms with Crippen molar-refractivity contribution >= 4 is 5.97 Å². The van der Waals surface area contributed by atoms with E-state index in [2.05, 4.69) is 4.74 Å². The summed E-state index contributed by atoms with van der Waals surface area (Å²) in [4.78, 5) is 10.7. The molecule has 0 atom stereocenters. The van der Waals surface area contributed by atoms with E-state index in [-0.39, 0.29) is 12.6 Å². The highest BCUT2D eigenvalue weighted by molar-refractivity contribution is 5.82.